The van der Waals surface area contributed by atoms with Gasteiger partial charge in [-0.25, -0.2) is 0 Å². The van der Waals surface area contributed by atoms with E-state index >= 15 is 0 Å². The van der Waals surface area contributed by atoms with E-state index < -0.39 is 22.0 Å². The van der Waals surface area contributed by atoms with Crippen molar-refractivity contribution in [3.8, 4) is 0 Å². The van der Waals surface area contributed by atoms with Crippen LogP contribution in [0.25, 0.3) is 0 Å². The molecule has 0 spiro atoms. The van der Waals surface area contributed by atoms with Crippen LogP contribution in [0.15, 0.2) is 18.2 Å². The molecule has 0 saturated carbocycles. The summed E-state index contributed by atoms with van der Waals surface area (Å²) in [6, 6.07) is 4.01. The third kappa shape index (κ3) is 3.26. The summed E-state index contributed by atoms with van der Waals surface area (Å²) in [5.74, 6) is -0.700. The van der Waals surface area contributed by atoms with Crippen LogP contribution in [0.1, 0.15) is 38.1 Å². The average Bonchev–Trinajstić information content (AvgIpc) is 2.25. The van der Waals surface area contributed by atoms with E-state index in [2.05, 4.69) is 5.32 Å². The lowest BCUT2D eigenvalue weighted by atomic mass is 9.85. The van der Waals surface area contributed by atoms with Crippen molar-refractivity contribution in [2.45, 2.75) is 38.8 Å². The Kier molecular flexibility index (Phi) is 4.41. The molecule has 0 atom stereocenters. The third-order valence-electron chi connectivity index (χ3n) is 3.37. The molecule has 7 heteroatoms. The summed E-state index contributed by atoms with van der Waals surface area (Å²) in [5.41, 5.74) is -2.78. The number of carbonyl (C=O) groups is 1. The molecule has 0 fully saturated rings. The van der Waals surface area contributed by atoms with Gasteiger partial charge in [-0.1, -0.05) is 17.7 Å². The van der Waals surface area contributed by atoms with Crippen molar-refractivity contribution in [2.24, 2.45) is 0 Å². The van der Waals surface area contributed by atoms with E-state index in [0.717, 1.165) is 0 Å². The Morgan fingerprint density at radius 3 is 2.35 bits per heavy atom. The number of hydrogen-bond donors (Lipinski definition) is 2. The number of aliphatic hydroxyl groups is 1. The van der Waals surface area contributed by atoms with Gasteiger partial charge in [0.2, 0.25) is 0 Å². The fourth-order valence-electron chi connectivity index (χ4n) is 1.39. The van der Waals surface area contributed by atoms with Gasteiger partial charge in [0, 0.05) is 6.07 Å². The molecular weight excluding hydrogens is 284 g/mol. The lowest BCUT2D eigenvalue weighted by Gasteiger charge is -2.37. The molecule has 0 radical (unpaired) electrons. The lowest BCUT2D eigenvalue weighted by molar-refractivity contribution is -0.385. The largest absolute Gasteiger partial charge is 0.388 e. The summed E-state index contributed by atoms with van der Waals surface area (Å²) in [6.07, 6.45) is 0. The van der Waals surface area contributed by atoms with Crippen molar-refractivity contribution in [2.75, 3.05) is 0 Å². The Bertz CT molecular complexity index is 550. The van der Waals surface area contributed by atoms with Gasteiger partial charge in [0.05, 0.1) is 21.1 Å². The maximum Gasteiger partial charge on any atom is 0.283 e. The molecule has 1 aromatic carbocycles. The molecule has 6 nitrogen and oxygen atoms in total. The Balaban J connectivity index is 3.21. The van der Waals surface area contributed by atoms with Gasteiger partial charge in [0.1, 0.15) is 5.56 Å². The topological polar surface area (TPSA) is 92.5 Å². The van der Waals surface area contributed by atoms with Gasteiger partial charge >= 0.3 is 0 Å². The Morgan fingerprint density at radius 1 is 1.35 bits per heavy atom. The molecule has 20 heavy (non-hydrogen) atoms. The van der Waals surface area contributed by atoms with Crippen LogP contribution in [0, 0.1) is 10.1 Å². The van der Waals surface area contributed by atoms with E-state index in [4.69, 9.17) is 11.6 Å². The van der Waals surface area contributed by atoms with E-state index in [1.165, 1.54) is 32.0 Å². The molecule has 0 heterocycles. The normalized spacial score (nSPS) is 12.1. The second-order valence-electron chi connectivity index (χ2n) is 5.53. The van der Waals surface area contributed by atoms with E-state index in [1.807, 2.05) is 0 Å². The number of nitro benzene ring substituents is 1. The molecule has 0 saturated heterocycles. The monoisotopic (exact) mass is 300 g/mol. The van der Waals surface area contributed by atoms with Crippen LogP contribution >= 0.6 is 11.6 Å². The van der Waals surface area contributed by atoms with Gasteiger partial charge < -0.3 is 10.4 Å². The van der Waals surface area contributed by atoms with Crippen molar-refractivity contribution >= 4 is 23.2 Å². The number of nitrogens with zero attached hydrogens (tertiary/aromatic N) is 1. The van der Waals surface area contributed by atoms with Crippen molar-refractivity contribution in [1.82, 2.24) is 5.32 Å². The molecule has 110 valence electrons. The van der Waals surface area contributed by atoms with Crippen LogP contribution in [0.5, 0.6) is 0 Å². The van der Waals surface area contributed by atoms with Crippen molar-refractivity contribution in [1.29, 1.82) is 0 Å². The summed E-state index contributed by atoms with van der Waals surface area (Å²) in [5, 5.41) is 23.5. The van der Waals surface area contributed by atoms with E-state index in [-0.39, 0.29) is 16.3 Å². The Hall–Kier alpha value is -1.66. The highest BCUT2D eigenvalue weighted by Gasteiger charge is 2.38. The van der Waals surface area contributed by atoms with Crippen molar-refractivity contribution in [3.63, 3.8) is 0 Å². The van der Waals surface area contributed by atoms with Crippen LogP contribution in [-0.4, -0.2) is 27.1 Å². The van der Waals surface area contributed by atoms with Gasteiger partial charge in [-0.05, 0) is 33.8 Å². The van der Waals surface area contributed by atoms with Gasteiger partial charge in [0.25, 0.3) is 11.6 Å². The number of amides is 1. The van der Waals surface area contributed by atoms with Crippen LogP contribution < -0.4 is 5.32 Å². The van der Waals surface area contributed by atoms with Gasteiger partial charge in [-0.2, -0.15) is 0 Å². The Morgan fingerprint density at radius 2 is 1.90 bits per heavy atom. The van der Waals surface area contributed by atoms with Gasteiger partial charge in [-0.3, -0.25) is 14.9 Å². The van der Waals surface area contributed by atoms with Gasteiger partial charge in [-0.15, -0.1) is 0 Å². The first kappa shape index (κ1) is 16.4. The number of rotatable bonds is 4. The number of carbonyl (C=O) groups excluding carboxylic acids is 1. The predicted molar refractivity (Wildman–Crippen MR) is 75.9 cm³/mol. The molecule has 1 amide bonds. The second kappa shape index (κ2) is 5.38. The SMILES string of the molecule is CC(C)(O)C(C)(C)NC(=O)c1c(Cl)cccc1[N+](=O)[O-]. The molecule has 1 aromatic rings. The first-order chi connectivity index (χ1) is 8.97. The highest BCUT2D eigenvalue weighted by molar-refractivity contribution is 6.34. The van der Waals surface area contributed by atoms with Crippen LogP contribution in [0.4, 0.5) is 5.69 Å². The number of halogens is 1. The number of hydrogen-bond acceptors (Lipinski definition) is 4. The molecule has 0 aliphatic heterocycles. The minimum Gasteiger partial charge on any atom is -0.388 e. The molecule has 2 N–H and O–H groups in total. The fraction of sp³-hybridized carbons (Fsp3) is 0.462. The zero-order chi connectivity index (χ0) is 15.7. The maximum atomic E-state index is 12.2. The minimum atomic E-state index is -1.21. The summed E-state index contributed by atoms with van der Waals surface area (Å²) in [7, 11) is 0. The summed E-state index contributed by atoms with van der Waals surface area (Å²) in [4.78, 5) is 22.5. The summed E-state index contributed by atoms with van der Waals surface area (Å²) < 4.78 is 0. The predicted octanol–water partition coefficient (Wildman–Crippen LogP) is 2.53. The first-order valence-electron chi connectivity index (χ1n) is 5.95. The van der Waals surface area contributed by atoms with Crippen LogP contribution in [0.2, 0.25) is 5.02 Å². The van der Waals surface area contributed by atoms with Crippen molar-refractivity contribution < 1.29 is 14.8 Å². The molecule has 0 aliphatic rings. The van der Waals surface area contributed by atoms with E-state index in [0.29, 0.717) is 0 Å². The fourth-order valence-corrected chi connectivity index (χ4v) is 1.64. The molecule has 1 rings (SSSR count). The average molecular weight is 301 g/mol. The molecule has 0 aromatic heterocycles. The number of benzene rings is 1. The third-order valence-corrected chi connectivity index (χ3v) is 3.69. The molecule has 0 bridgehead atoms. The molecule has 0 unspecified atom stereocenters. The standard InChI is InChI=1S/C13H17ClN2O4/c1-12(2,13(3,4)18)15-11(17)10-8(14)6-5-7-9(10)16(19)20/h5-7,18H,1-4H3,(H,15,17). The van der Waals surface area contributed by atoms with Crippen LogP contribution in [-0.2, 0) is 0 Å². The number of nitrogens with one attached hydrogen (secondary N) is 1. The molecular formula is C13H17ClN2O4. The zero-order valence-electron chi connectivity index (χ0n) is 11.7. The van der Waals surface area contributed by atoms with E-state index in [1.54, 1.807) is 13.8 Å². The van der Waals surface area contributed by atoms with Crippen LogP contribution in [0.3, 0.4) is 0 Å². The maximum absolute atomic E-state index is 12.2. The first-order valence-corrected chi connectivity index (χ1v) is 6.33. The minimum absolute atomic E-state index is 0.0109. The highest BCUT2D eigenvalue weighted by atomic mass is 35.5. The lowest BCUT2D eigenvalue weighted by Crippen LogP contribution is -2.57. The number of nitro groups is 1. The zero-order valence-corrected chi connectivity index (χ0v) is 12.5. The Labute approximate surface area is 121 Å². The summed E-state index contributed by atoms with van der Waals surface area (Å²) in [6.45, 7) is 6.31. The highest BCUT2D eigenvalue weighted by Crippen LogP contribution is 2.28. The van der Waals surface area contributed by atoms with Gasteiger partial charge in [0.15, 0.2) is 0 Å². The summed E-state index contributed by atoms with van der Waals surface area (Å²) >= 11 is 5.88. The van der Waals surface area contributed by atoms with Crippen molar-refractivity contribution in [3.05, 3.63) is 38.9 Å². The second-order valence-corrected chi connectivity index (χ2v) is 5.94. The quantitative estimate of drug-likeness (QED) is 0.660. The molecule has 0 aliphatic carbocycles. The smallest absolute Gasteiger partial charge is 0.283 e. The van der Waals surface area contributed by atoms with E-state index in [9.17, 15) is 20.0 Å².